The van der Waals surface area contributed by atoms with Crippen LogP contribution in [0.3, 0.4) is 0 Å². The molecule has 1 aliphatic rings. The number of nitrogens with one attached hydrogen (secondary N) is 1. The Labute approximate surface area is 196 Å². The van der Waals surface area contributed by atoms with E-state index in [0.717, 1.165) is 47.8 Å². The highest BCUT2D eigenvalue weighted by Crippen LogP contribution is 2.39. The van der Waals surface area contributed by atoms with Crippen molar-refractivity contribution in [2.24, 2.45) is 0 Å². The first-order valence-corrected chi connectivity index (χ1v) is 9.79. The van der Waals surface area contributed by atoms with Gasteiger partial charge in [0.05, 0.1) is 21.3 Å². The number of nitrogens with zero attached hydrogens (tertiary/aromatic N) is 1. The summed E-state index contributed by atoms with van der Waals surface area (Å²) < 4.78 is 16.7. The van der Waals surface area contributed by atoms with Gasteiger partial charge in [0.1, 0.15) is 17.2 Å². The molecule has 0 fully saturated rings. The predicted octanol–water partition coefficient (Wildman–Crippen LogP) is 5.05. The molecule has 1 atom stereocenters. The van der Waals surface area contributed by atoms with Gasteiger partial charge in [-0.2, -0.15) is 0 Å². The van der Waals surface area contributed by atoms with Gasteiger partial charge in [0.2, 0.25) is 0 Å². The summed E-state index contributed by atoms with van der Waals surface area (Å²) in [5, 5.41) is 3.65. The highest BCUT2D eigenvalue weighted by Gasteiger charge is 2.26. The average Bonchev–Trinajstić information content (AvgIpc) is 2.79. The van der Waals surface area contributed by atoms with Gasteiger partial charge in [0.15, 0.2) is 0 Å². The Morgan fingerprint density at radius 3 is 2.23 bits per heavy atom. The Morgan fingerprint density at radius 1 is 0.871 bits per heavy atom. The van der Waals surface area contributed by atoms with Crippen LogP contribution >= 0.6 is 24.8 Å². The number of methoxy groups -OCH3 is 3. The minimum absolute atomic E-state index is 0. The van der Waals surface area contributed by atoms with E-state index in [0.29, 0.717) is 0 Å². The third-order valence-corrected chi connectivity index (χ3v) is 5.53. The molecule has 2 aromatic carbocycles. The Morgan fingerprint density at radius 2 is 1.55 bits per heavy atom. The molecule has 31 heavy (non-hydrogen) atoms. The van der Waals surface area contributed by atoms with Crippen LogP contribution in [-0.2, 0) is 12.8 Å². The number of hydrogen-bond acceptors (Lipinski definition) is 5. The quantitative estimate of drug-likeness (QED) is 0.555. The zero-order chi connectivity index (χ0) is 20.2. The standard InChI is InChI=1S/C24H26N2O3.2ClH/c1-27-21-8-9-23(29-3)24-18(21)10-13-26-20(24)14-16-4-6-17(7-5-16)19-15-25-12-11-22(19)28-2;;/h4-9,11-12,15,20,26H,10,13-14H2,1-3H3;2*1H. The van der Waals surface area contributed by atoms with Gasteiger partial charge in [0, 0.05) is 35.1 Å². The summed E-state index contributed by atoms with van der Waals surface area (Å²) in [5.41, 5.74) is 5.79. The first-order valence-electron chi connectivity index (χ1n) is 9.79. The van der Waals surface area contributed by atoms with Crippen molar-refractivity contribution < 1.29 is 14.2 Å². The van der Waals surface area contributed by atoms with Crippen LogP contribution in [0.25, 0.3) is 11.1 Å². The second-order valence-electron chi connectivity index (χ2n) is 7.10. The molecule has 0 saturated carbocycles. The lowest BCUT2D eigenvalue weighted by Gasteiger charge is -2.30. The second-order valence-corrected chi connectivity index (χ2v) is 7.10. The number of pyridine rings is 1. The minimum atomic E-state index is 0. The van der Waals surface area contributed by atoms with E-state index in [-0.39, 0.29) is 30.9 Å². The molecule has 1 aromatic heterocycles. The summed E-state index contributed by atoms with van der Waals surface area (Å²) in [6, 6.07) is 14.7. The van der Waals surface area contributed by atoms with E-state index >= 15 is 0 Å². The Balaban J connectivity index is 0.00000171. The highest BCUT2D eigenvalue weighted by atomic mass is 35.5. The lowest BCUT2D eigenvalue weighted by molar-refractivity contribution is 0.375. The van der Waals surface area contributed by atoms with Crippen LogP contribution in [0.15, 0.2) is 54.9 Å². The normalized spacial score (nSPS) is 14.5. The van der Waals surface area contributed by atoms with Crippen LogP contribution in [0.4, 0.5) is 0 Å². The van der Waals surface area contributed by atoms with E-state index in [1.807, 2.05) is 24.4 Å². The second kappa shape index (κ2) is 11.2. The summed E-state index contributed by atoms with van der Waals surface area (Å²) in [5.74, 6) is 2.67. The Hall–Kier alpha value is -2.47. The number of halogens is 2. The zero-order valence-electron chi connectivity index (χ0n) is 17.9. The molecule has 3 aromatic rings. The SMILES string of the molecule is COc1ccncc1-c1ccc(CC2NCCc3c(OC)ccc(OC)c32)cc1.Cl.Cl. The van der Waals surface area contributed by atoms with Crippen molar-refractivity contribution >= 4 is 24.8 Å². The van der Waals surface area contributed by atoms with Gasteiger partial charge in [0.25, 0.3) is 0 Å². The number of hydrogen-bond donors (Lipinski definition) is 1. The molecule has 0 aliphatic carbocycles. The molecule has 0 bridgehead atoms. The number of rotatable bonds is 6. The summed E-state index contributed by atoms with van der Waals surface area (Å²) in [6.07, 6.45) is 5.39. The fourth-order valence-electron chi connectivity index (χ4n) is 4.11. The fraction of sp³-hybridized carbons (Fsp3) is 0.292. The van der Waals surface area contributed by atoms with Crippen LogP contribution in [0.1, 0.15) is 22.7 Å². The third-order valence-electron chi connectivity index (χ3n) is 5.53. The van der Waals surface area contributed by atoms with Gasteiger partial charge in [-0.1, -0.05) is 24.3 Å². The molecule has 0 radical (unpaired) electrons. The molecule has 166 valence electrons. The molecule has 1 aliphatic heterocycles. The van der Waals surface area contributed by atoms with Crippen LogP contribution in [0.5, 0.6) is 17.2 Å². The van der Waals surface area contributed by atoms with Crippen molar-refractivity contribution in [1.82, 2.24) is 10.3 Å². The molecule has 1 N–H and O–H groups in total. The van der Waals surface area contributed by atoms with Gasteiger partial charge in [-0.3, -0.25) is 4.98 Å². The van der Waals surface area contributed by atoms with Crippen molar-refractivity contribution in [3.05, 3.63) is 71.5 Å². The number of fused-ring (bicyclic) bond motifs is 1. The number of aromatic nitrogens is 1. The first kappa shape index (κ1) is 24.8. The topological polar surface area (TPSA) is 52.6 Å². The summed E-state index contributed by atoms with van der Waals surface area (Å²) in [7, 11) is 5.13. The molecule has 7 heteroatoms. The van der Waals surface area contributed by atoms with Crippen LogP contribution in [0.2, 0.25) is 0 Å². The molecule has 5 nitrogen and oxygen atoms in total. The zero-order valence-corrected chi connectivity index (χ0v) is 19.5. The molecule has 4 rings (SSSR count). The number of ether oxygens (including phenoxy) is 3. The minimum Gasteiger partial charge on any atom is -0.496 e. The first-order chi connectivity index (χ1) is 14.2. The maximum atomic E-state index is 5.67. The van der Waals surface area contributed by atoms with E-state index in [2.05, 4.69) is 34.6 Å². The molecular weight excluding hydrogens is 435 g/mol. The molecule has 0 spiro atoms. The van der Waals surface area contributed by atoms with Gasteiger partial charge < -0.3 is 19.5 Å². The van der Waals surface area contributed by atoms with Gasteiger partial charge in [-0.25, -0.2) is 0 Å². The summed E-state index contributed by atoms with van der Waals surface area (Å²) >= 11 is 0. The molecular formula is C24H28Cl2N2O3. The van der Waals surface area contributed by atoms with Gasteiger partial charge in [-0.05, 0) is 48.7 Å². The maximum Gasteiger partial charge on any atom is 0.129 e. The van der Waals surface area contributed by atoms with E-state index in [4.69, 9.17) is 14.2 Å². The largest absolute Gasteiger partial charge is 0.496 e. The van der Waals surface area contributed by atoms with Crippen molar-refractivity contribution in [3.63, 3.8) is 0 Å². The van der Waals surface area contributed by atoms with Crippen molar-refractivity contribution in [3.8, 4) is 28.4 Å². The Kier molecular flexibility index (Phi) is 8.99. The predicted molar refractivity (Wildman–Crippen MR) is 128 cm³/mol. The van der Waals surface area contributed by atoms with Crippen molar-refractivity contribution in [2.45, 2.75) is 18.9 Å². The maximum absolute atomic E-state index is 5.67. The van der Waals surface area contributed by atoms with E-state index in [1.54, 1.807) is 27.5 Å². The molecule has 0 saturated heterocycles. The van der Waals surface area contributed by atoms with Crippen molar-refractivity contribution in [1.29, 1.82) is 0 Å². The Bertz CT molecular complexity index is 997. The lowest BCUT2D eigenvalue weighted by Crippen LogP contribution is -2.32. The van der Waals surface area contributed by atoms with Crippen molar-refractivity contribution in [2.75, 3.05) is 27.9 Å². The lowest BCUT2D eigenvalue weighted by atomic mass is 9.88. The van der Waals surface area contributed by atoms with E-state index in [1.165, 1.54) is 16.7 Å². The average molecular weight is 463 g/mol. The van der Waals surface area contributed by atoms with Gasteiger partial charge >= 0.3 is 0 Å². The monoisotopic (exact) mass is 462 g/mol. The molecule has 0 amide bonds. The summed E-state index contributed by atoms with van der Waals surface area (Å²) in [6.45, 7) is 0.923. The van der Waals surface area contributed by atoms with Crippen LogP contribution < -0.4 is 19.5 Å². The number of benzene rings is 2. The van der Waals surface area contributed by atoms with Crippen LogP contribution in [0, 0.1) is 0 Å². The molecule has 1 unspecified atom stereocenters. The fourth-order valence-corrected chi connectivity index (χ4v) is 4.11. The van der Waals surface area contributed by atoms with Crippen LogP contribution in [-0.4, -0.2) is 32.9 Å². The smallest absolute Gasteiger partial charge is 0.129 e. The summed E-state index contributed by atoms with van der Waals surface area (Å²) in [4.78, 5) is 4.23. The third kappa shape index (κ3) is 5.06. The molecule has 2 heterocycles. The van der Waals surface area contributed by atoms with E-state index < -0.39 is 0 Å². The van der Waals surface area contributed by atoms with Gasteiger partial charge in [-0.15, -0.1) is 24.8 Å². The van der Waals surface area contributed by atoms with E-state index in [9.17, 15) is 0 Å². The highest BCUT2D eigenvalue weighted by molar-refractivity contribution is 5.85.